The van der Waals surface area contributed by atoms with Crippen molar-refractivity contribution in [1.82, 2.24) is 20.5 Å². The molecule has 1 atom stereocenters. The number of likely N-dealkylation sites (tertiary alicyclic amines) is 1. The number of anilines is 1. The summed E-state index contributed by atoms with van der Waals surface area (Å²) < 4.78 is 0. The van der Waals surface area contributed by atoms with Crippen LogP contribution in [0, 0.1) is 6.92 Å². The summed E-state index contributed by atoms with van der Waals surface area (Å²) in [5.41, 5.74) is 1.09. The van der Waals surface area contributed by atoms with Crippen molar-refractivity contribution in [3.63, 3.8) is 0 Å². The van der Waals surface area contributed by atoms with Crippen LogP contribution in [0.25, 0.3) is 0 Å². The van der Waals surface area contributed by atoms with Gasteiger partial charge < -0.3 is 15.5 Å². The molecule has 156 valence electrons. The van der Waals surface area contributed by atoms with Crippen molar-refractivity contribution in [2.75, 3.05) is 44.2 Å². The maximum atomic E-state index is 4.95. The van der Waals surface area contributed by atoms with Crippen LogP contribution in [0.4, 0.5) is 5.82 Å². The molecule has 1 aromatic heterocycles. The highest BCUT2D eigenvalue weighted by Gasteiger charge is 2.23. The van der Waals surface area contributed by atoms with Crippen LogP contribution in [-0.2, 0) is 0 Å². The Morgan fingerprint density at radius 3 is 2.68 bits per heavy atom. The summed E-state index contributed by atoms with van der Waals surface area (Å²) in [7, 11) is 0. The molecule has 2 aliphatic heterocycles. The lowest BCUT2D eigenvalue weighted by Crippen LogP contribution is -2.49. The van der Waals surface area contributed by atoms with E-state index in [1.54, 1.807) is 0 Å². The van der Waals surface area contributed by atoms with Crippen molar-refractivity contribution in [3.05, 3.63) is 23.9 Å². The van der Waals surface area contributed by atoms with E-state index in [1.165, 1.54) is 25.8 Å². The van der Waals surface area contributed by atoms with Crippen LogP contribution in [0.1, 0.15) is 51.6 Å². The van der Waals surface area contributed by atoms with E-state index in [0.29, 0.717) is 12.1 Å². The molecule has 0 saturated carbocycles. The first-order chi connectivity index (χ1) is 13.7. The molecule has 1 aromatic rings. The fraction of sp³-hybridized carbons (Fsp3) is 0.727. The van der Waals surface area contributed by atoms with Gasteiger partial charge in [-0.3, -0.25) is 9.89 Å². The standard InChI is InChI=1S/C22H38N6/c1-4-23-22(24-17-20-10-6-7-14-27(20)5-2)26-19-12-15-28(16-13-19)21-11-8-9-18(3)25-21/h8-9,11,19-20H,4-7,10,12-17H2,1-3H3,(H2,23,24,26). The Labute approximate surface area is 170 Å². The summed E-state index contributed by atoms with van der Waals surface area (Å²) in [6, 6.07) is 7.36. The van der Waals surface area contributed by atoms with Gasteiger partial charge in [-0.15, -0.1) is 0 Å². The first-order valence-corrected chi connectivity index (χ1v) is 11.2. The van der Waals surface area contributed by atoms with Crippen molar-refractivity contribution in [1.29, 1.82) is 0 Å². The summed E-state index contributed by atoms with van der Waals surface area (Å²) in [4.78, 5) is 14.6. The molecule has 0 aliphatic carbocycles. The van der Waals surface area contributed by atoms with Crippen molar-refractivity contribution in [2.24, 2.45) is 4.99 Å². The highest BCUT2D eigenvalue weighted by atomic mass is 15.2. The van der Waals surface area contributed by atoms with Gasteiger partial charge in [0.25, 0.3) is 0 Å². The maximum Gasteiger partial charge on any atom is 0.191 e. The van der Waals surface area contributed by atoms with Crippen LogP contribution in [0.2, 0.25) is 0 Å². The Bertz CT molecular complexity index is 623. The normalized spacial score (nSPS) is 22.3. The van der Waals surface area contributed by atoms with Crippen molar-refractivity contribution in [3.8, 4) is 0 Å². The molecule has 6 nitrogen and oxygen atoms in total. The number of hydrogen-bond acceptors (Lipinski definition) is 4. The molecule has 2 fully saturated rings. The van der Waals surface area contributed by atoms with E-state index >= 15 is 0 Å². The number of aliphatic imine (C=N–C) groups is 1. The fourth-order valence-corrected chi connectivity index (χ4v) is 4.35. The SMILES string of the molecule is CCNC(=NCC1CCCCN1CC)NC1CCN(c2cccc(C)n2)CC1. The number of aryl methyl sites for hydroxylation is 1. The van der Waals surface area contributed by atoms with Crippen LogP contribution in [0.15, 0.2) is 23.2 Å². The fourth-order valence-electron chi connectivity index (χ4n) is 4.35. The molecular weight excluding hydrogens is 348 g/mol. The van der Waals surface area contributed by atoms with E-state index in [4.69, 9.17) is 4.99 Å². The van der Waals surface area contributed by atoms with E-state index in [0.717, 1.165) is 63.0 Å². The van der Waals surface area contributed by atoms with Crippen molar-refractivity contribution in [2.45, 2.75) is 65.0 Å². The molecule has 0 amide bonds. The monoisotopic (exact) mass is 386 g/mol. The van der Waals surface area contributed by atoms with Gasteiger partial charge in [-0.05, 0) is 64.8 Å². The van der Waals surface area contributed by atoms with Gasteiger partial charge in [0.1, 0.15) is 5.82 Å². The predicted molar refractivity (Wildman–Crippen MR) is 118 cm³/mol. The minimum Gasteiger partial charge on any atom is -0.357 e. The number of aromatic nitrogens is 1. The number of pyridine rings is 1. The summed E-state index contributed by atoms with van der Waals surface area (Å²) >= 11 is 0. The van der Waals surface area contributed by atoms with E-state index in [-0.39, 0.29) is 0 Å². The summed E-state index contributed by atoms with van der Waals surface area (Å²) in [6.07, 6.45) is 6.18. The van der Waals surface area contributed by atoms with Gasteiger partial charge in [-0.2, -0.15) is 0 Å². The molecule has 28 heavy (non-hydrogen) atoms. The number of nitrogens with one attached hydrogen (secondary N) is 2. The molecule has 6 heteroatoms. The molecule has 3 rings (SSSR count). The van der Waals surface area contributed by atoms with E-state index in [2.05, 4.69) is 64.4 Å². The second kappa shape index (κ2) is 10.6. The number of rotatable bonds is 6. The van der Waals surface area contributed by atoms with Crippen LogP contribution < -0.4 is 15.5 Å². The third-order valence-corrected chi connectivity index (χ3v) is 5.99. The van der Waals surface area contributed by atoms with Crippen LogP contribution >= 0.6 is 0 Å². The molecule has 1 unspecified atom stereocenters. The summed E-state index contributed by atoms with van der Waals surface area (Å²) in [6.45, 7) is 12.7. The maximum absolute atomic E-state index is 4.95. The second-order valence-electron chi connectivity index (χ2n) is 8.04. The Balaban J connectivity index is 1.51. The average molecular weight is 387 g/mol. The van der Waals surface area contributed by atoms with Gasteiger partial charge in [-0.25, -0.2) is 4.98 Å². The van der Waals surface area contributed by atoms with Gasteiger partial charge in [-0.1, -0.05) is 19.4 Å². The van der Waals surface area contributed by atoms with Crippen molar-refractivity contribution >= 4 is 11.8 Å². The minimum atomic E-state index is 0.479. The molecule has 3 heterocycles. The smallest absolute Gasteiger partial charge is 0.191 e. The van der Waals surface area contributed by atoms with Crippen molar-refractivity contribution < 1.29 is 0 Å². The Hall–Kier alpha value is -1.82. The average Bonchev–Trinajstić information content (AvgIpc) is 2.73. The molecule has 0 spiro atoms. The summed E-state index contributed by atoms with van der Waals surface area (Å²) in [5.74, 6) is 2.09. The molecule has 2 N–H and O–H groups in total. The Kier molecular flexibility index (Phi) is 7.95. The Morgan fingerprint density at radius 1 is 1.14 bits per heavy atom. The molecule has 0 bridgehead atoms. The first kappa shape index (κ1) is 20.9. The molecular formula is C22H38N6. The lowest BCUT2D eigenvalue weighted by molar-refractivity contribution is 0.161. The summed E-state index contributed by atoms with van der Waals surface area (Å²) in [5, 5.41) is 7.13. The number of piperidine rings is 2. The predicted octanol–water partition coefficient (Wildman–Crippen LogP) is 2.79. The van der Waals surface area contributed by atoms with Crippen LogP contribution in [-0.4, -0.2) is 67.2 Å². The van der Waals surface area contributed by atoms with Crippen LogP contribution in [0.5, 0.6) is 0 Å². The molecule has 2 aliphatic rings. The number of hydrogen-bond donors (Lipinski definition) is 2. The number of likely N-dealkylation sites (N-methyl/N-ethyl adjacent to an activating group) is 1. The second-order valence-corrected chi connectivity index (χ2v) is 8.04. The molecule has 0 radical (unpaired) electrons. The largest absolute Gasteiger partial charge is 0.357 e. The topological polar surface area (TPSA) is 55.8 Å². The minimum absolute atomic E-state index is 0.479. The zero-order valence-electron chi connectivity index (χ0n) is 18.0. The Morgan fingerprint density at radius 2 is 1.96 bits per heavy atom. The van der Waals surface area contributed by atoms with Crippen LogP contribution in [0.3, 0.4) is 0 Å². The third-order valence-electron chi connectivity index (χ3n) is 5.99. The van der Waals surface area contributed by atoms with Gasteiger partial charge >= 0.3 is 0 Å². The van der Waals surface area contributed by atoms with Gasteiger partial charge in [0, 0.05) is 37.4 Å². The zero-order chi connectivity index (χ0) is 19.8. The lowest BCUT2D eigenvalue weighted by atomic mass is 10.0. The molecule has 2 saturated heterocycles. The van der Waals surface area contributed by atoms with Gasteiger partial charge in [0.05, 0.1) is 6.54 Å². The van der Waals surface area contributed by atoms with E-state index in [9.17, 15) is 0 Å². The first-order valence-electron chi connectivity index (χ1n) is 11.2. The zero-order valence-corrected chi connectivity index (χ0v) is 18.0. The highest BCUT2D eigenvalue weighted by Crippen LogP contribution is 2.19. The van der Waals surface area contributed by atoms with Gasteiger partial charge in [0.15, 0.2) is 5.96 Å². The molecule has 0 aromatic carbocycles. The number of guanidine groups is 1. The van der Waals surface area contributed by atoms with E-state index < -0.39 is 0 Å². The van der Waals surface area contributed by atoms with Gasteiger partial charge in [0.2, 0.25) is 0 Å². The lowest BCUT2D eigenvalue weighted by Gasteiger charge is -2.35. The highest BCUT2D eigenvalue weighted by molar-refractivity contribution is 5.80. The third kappa shape index (κ3) is 5.84. The number of nitrogens with zero attached hydrogens (tertiary/aromatic N) is 4. The quantitative estimate of drug-likeness (QED) is 0.582. The van der Waals surface area contributed by atoms with E-state index in [1.807, 2.05) is 0 Å².